The normalized spacial score (nSPS) is 11.5. The zero-order valence-electron chi connectivity index (χ0n) is 13.1. The van der Waals surface area contributed by atoms with E-state index in [1.165, 1.54) is 16.9 Å². The number of nitrogens with zero attached hydrogens (tertiary/aromatic N) is 4. The van der Waals surface area contributed by atoms with Gasteiger partial charge in [0.15, 0.2) is 0 Å². The number of nitrogens with two attached hydrogens (primary N) is 1. The Kier molecular flexibility index (Phi) is 4.84. The number of sulfonamides is 1. The first-order chi connectivity index (χ1) is 11.9. The number of methoxy groups -OCH3 is 1. The Balaban J connectivity index is 1.83. The molecule has 0 bridgehead atoms. The highest BCUT2D eigenvalue weighted by Gasteiger charge is 2.14. The second-order valence-corrected chi connectivity index (χ2v) is 7.59. The van der Waals surface area contributed by atoms with Crippen LogP contribution in [0.15, 0.2) is 51.8 Å². The highest BCUT2D eigenvalue weighted by Crippen LogP contribution is 2.27. The van der Waals surface area contributed by atoms with Crippen molar-refractivity contribution in [2.75, 3.05) is 7.11 Å². The molecule has 0 saturated heterocycles. The number of primary sulfonamides is 1. The molecule has 1 heterocycles. The first-order valence-electron chi connectivity index (χ1n) is 7.10. The molecule has 0 aliphatic heterocycles. The molecule has 3 aromatic rings. The van der Waals surface area contributed by atoms with Gasteiger partial charge < -0.3 is 4.74 Å². The third kappa shape index (κ3) is 4.03. The van der Waals surface area contributed by atoms with Crippen LogP contribution >= 0.6 is 15.9 Å². The molecule has 130 valence electrons. The van der Waals surface area contributed by atoms with Gasteiger partial charge in [-0.05, 0) is 57.0 Å². The van der Waals surface area contributed by atoms with Gasteiger partial charge in [-0.2, -0.15) is 4.80 Å². The highest BCUT2D eigenvalue weighted by molar-refractivity contribution is 9.10. The van der Waals surface area contributed by atoms with Gasteiger partial charge in [-0.15, -0.1) is 10.2 Å². The summed E-state index contributed by atoms with van der Waals surface area (Å²) in [4.78, 5) is 1.46. The van der Waals surface area contributed by atoms with Gasteiger partial charge in [-0.1, -0.05) is 12.1 Å². The Morgan fingerprint density at radius 1 is 1.20 bits per heavy atom. The number of benzene rings is 2. The summed E-state index contributed by atoms with van der Waals surface area (Å²) in [6.45, 7) is 0.448. The third-order valence-corrected chi connectivity index (χ3v) is 5.01. The monoisotopic (exact) mass is 423 g/mol. The zero-order chi connectivity index (χ0) is 18.0. The molecule has 0 fully saturated rings. The van der Waals surface area contributed by atoms with Gasteiger partial charge in [-0.25, -0.2) is 13.6 Å². The summed E-state index contributed by atoms with van der Waals surface area (Å²) in [5.74, 6) is 1.15. The molecule has 2 aromatic carbocycles. The smallest absolute Gasteiger partial charge is 0.238 e. The first-order valence-corrected chi connectivity index (χ1v) is 9.44. The lowest BCUT2D eigenvalue weighted by Crippen LogP contribution is -2.12. The summed E-state index contributed by atoms with van der Waals surface area (Å²) in [5.41, 5.74) is 1.61. The summed E-state index contributed by atoms with van der Waals surface area (Å²) < 4.78 is 28.4. The quantitative estimate of drug-likeness (QED) is 0.669. The number of hydrogen-bond donors (Lipinski definition) is 1. The summed E-state index contributed by atoms with van der Waals surface area (Å²) in [6.07, 6.45) is 0. The molecular formula is C15H14BrN5O3S. The van der Waals surface area contributed by atoms with Crippen molar-refractivity contribution in [3.8, 4) is 17.1 Å². The van der Waals surface area contributed by atoms with Gasteiger partial charge in [0.1, 0.15) is 5.75 Å². The highest BCUT2D eigenvalue weighted by atomic mass is 79.9. The van der Waals surface area contributed by atoms with Gasteiger partial charge in [-0.3, -0.25) is 0 Å². The lowest BCUT2D eigenvalue weighted by molar-refractivity contribution is 0.414. The molecular weight excluding hydrogens is 410 g/mol. The summed E-state index contributed by atoms with van der Waals surface area (Å²) >= 11 is 3.32. The Hall–Kier alpha value is -2.30. The van der Waals surface area contributed by atoms with E-state index in [1.807, 2.05) is 24.3 Å². The molecule has 0 aliphatic rings. The minimum absolute atomic E-state index is 0.00810. The van der Waals surface area contributed by atoms with E-state index < -0.39 is 10.0 Å². The number of aromatic nitrogens is 4. The first kappa shape index (κ1) is 17.5. The van der Waals surface area contributed by atoms with Gasteiger partial charge >= 0.3 is 0 Å². The average molecular weight is 424 g/mol. The summed E-state index contributed by atoms with van der Waals surface area (Å²) in [5, 5.41) is 17.5. The van der Waals surface area contributed by atoms with Crippen molar-refractivity contribution in [1.82, 2.24) is 20.2 Å². The SMILES string of the molecule is COc1ccc(Cn2nnc(-c3ccc(S(N)(=O)=O)cc3Br)n2)cc1. The van der Waals surface area contributed by atoms with E-state index in [1.54, 1.807) is 13.2 Å². The minimum atomic E-state index is -3.77. The molecule has 2 N–H and O–H groups in total. The largest absolute Gasteiger partial charge is 0.497 e. The topological polar surface area (TPSA) is 113 Å². The second-order valence-electron chi connectivity index (χ2n) is 5.18. The predicted molar refractivity (Wildman–Crippen MR) is 94.4 cm³/mol. The van der Waals surface area contributed by atoms with Crippen LogP contribution in [0.25, 0.3) is 11.4 Å². The number of rotatable bonds is 5. The number of halogens is 1. The Bertz CT molecular complexity index is 1000. The zero-order valence-corrected chi connectivity index (χ0v) is 15.5. The number of hydrogen-bond acceptors (Lipinski definition) is 6. The van der Waals surface area contributed by atoms with Crippen LogP contribution < -0.4 is 9.88 Å². The van der Waals surface area contributed by atoms with Crippen LogP contribution in [0, 0.1) is 0 Å². The molecule has 0 unspecified atom stereocenters. The maximum Gasteiger partial charge on any atom is 0.238 e. The molecule has 0 radical (unpaired) electrons. The van der Waals surface area contributed by atoms with Crippen molar-refractivity contribution in [3.63, 3.8) is 0 Å². The second kappa shape index (κ2) is 6.90. The molecule has 0 spiro atoms. The maximum absolute atomic E-state index is 11.4. The van der Waals surface area contributed by atoms with Crippen LogP contribution in [-0.4, -0.2) is 35.7 Å². The average Bonchev–Trinajstić information content (AvgIpc) is 3.03. The Labute approximate surface area is 152 Å². The van der Waals surface area contributed by atoms with Crippen LogP contribution in [-0.2, 0) is 16.6 Å². The van der Waals surface area contributed by atoms with Crippen LogP contribution in [0.5, 0.6) is 5.75 Å². The molecule has 0 atom stereocenters. The fourth-order valence-electron chi connectivity index (χ4n) is 2.17. The fourth-order valence-corrected chi connectivity index (χ4v) is 3.41. The van der Waals surface area contributed by atoms with E-state index in [0.717, 1.165) is 11.3 Å². The van der Waals surface area contributed by atoms with Crippen molar-refractivity contribution in [2.24, 2.45) is 5.14 Å². The van der Waals surface area contributed by atoms with Crippen LogP contribution in [0.3, 0.4) is 0 Å². The molecule has 0 amide bonds. The Morgan fingerprint density at radius 2 is 1.92 bits per heavy atom. The van der Waals surface area contributed by atoms with Crippen molar-refractivity contribution in [1.29, 1.82) is 0 Å². The van der Waals surface area contributed by atoms with Gasteiger partial charge in [0.2, 0.25) is 15.8 Å². The summed E-state index contributed by atoms with van der Waals surface area (Å²) in [7, 11) is -2.16. The number of ether oxygens (including phenoxy) is 1. The molecule has 10 heteroatoms. The molecule has 3 rings (SSSR count). The van der Waals surface area contributed by atoms with E-state index >= 15 is 0 Å². The number of tetrazole rings is 1. The molecule has 0 aliphatic carbocycles. The predicted octanol–water partition coefficient (Wildman–Crippen LogP) is 1.81. The molecule has 25 heavy (non-hydrogen) atoms. The Morgan fingerprint density at radius 3 is 2.52 bits per heavy atom. The van der Waals surface area contributed by atoms with Crippen molar-refractivity contribution < 1.29 is 13.2 Å². The van der Waals surface area contributed by atoms with Crippen molar-refractivity contribution in [2.45, 2.75) is 11.4 Å². The standard InChI is InChI=1S/C15H14BrN5O3S/c1-24-11-4-2-10(3-5-11)9-21-19-15(18-20-21)13-7-6-12(8-14(13)16)25(17,22)23/h2-8H,9H2,1H3,(H2,17,22,23). The van der Waals surface area contributed by atoms with Crippen molar-refractivity contribution in [3.05, 3.63) is 52.5 Å². The molecule has 1 aromatic heterocycles. The molecule has 0 saturated carbocycles. The summed E-state index contributed by atoms with van der Waals surface area (Å²) in [6, 6.07) is 11.9. The fraction of sp³-hybridized carbons (Fsp3) is 0.133. The minimum Gasteiger partial charge on any atom is -0.497 e. The third-order valence-electron chi connectivity index (χ3n) is 3.45. The van der Waals surface area contributed by atoms with E-state index in [-0.39, 0.29) is 4.90 Å². The van der Waals surface area contributed by atoms with Gasteiger partial charge in [0, 0.05) is 10.0 Å². The van der Waals surface area contributed by atoms with Gasteiger partial charge in [0.05, 0.1) is 18.6 Å². The van der Waals surface area contributed by atoms with E-state index in [0.29, 0.717) is 22.4 Å². The van der Waals surface area contributed by atoms with Crippen molar-refractivity contribution >= 4 is 26.0 Å². The lowest BCUT2D eigenvalue weighted by atomic mass is 10.2. The van der Waals surface area contributed by atoms with Gasteiger partial charge in [0.25, 0.3) is 0 Å². The van der Waals surface area contributed by atoms with Crippen LogP contribution in [0.2, 0.25) is 0 Å². The van der Waals surface area contributed by atoms with E-state index in [2.05, 4.69) is 31.3 Å². The van der Waals surface area contributed by atoms with E-state index in [4.69, 9.17) is 9.88 Å². The maximum atomic E-state index is 11.4. The van der Waals surface area contributed by atoms with Crippen LogP contribution in [0.1, 0.15) is 5.56 Å². The lowest BCUT2D eigenvalue weighted by Gasteiger charge is -2.03. The van der Waals surface area contributed by atoms with Crippen LogP contribution in [0.4, 0.5) is 0 Å². The van der Waals surface area contributed by atoms with E-state index in [9.17, 15) is 8.42 Å². The molecule has 8 nitrogen and oxygen atoms in total.